The van der Waals surface area contributed by atoms with Crippen molar-refractivity contribution in [2.45, 2.75) is 13.3 Å². The van der Waals surface area contributed by atoms with Gasteiger partial charge in [0.05, 0.1) is 17.4 Å². The van der Waals surface area contributed by atoms with Gasteiger partial charge in [-0.3, -0.25) is 9.78 Å². The highest BCUT2D eigenvalue weighted by Crippen LogP contribution is 2.38. The summed E-state index contributed by atoms with van der Waals surface area (Å²) < 4.78 is 0. The van der Waals surface area contributed by atoms with Gasteiger partial charge in [0.15, 0.2) is 0 Å². The second-order valence-electron chi connectivity index (χ2n) is 7.12. The Morgan fingerprint density at radius 1 is 1.26 bits per heavy atom. The number of pyridine rings is 3. The first-order valence-corrected chi connectivity index (χ1v) is 8.89. The number of nitrogens with zero attached hydrogens (tertiary/aromatic N) is 3. The van der Waals surface area contributed by atoms with Crippen molar-refractivity contribution in [3.8, 4) is 11.3 Å². The average molecular weight is 358 g/mol. The fourth-order valence-electron chi connectivity index (χ4n) is 3.47. The van der Waals surface area contributed by atoms with Gasteiger partial charge in [0.1, 0.15) is 11.6 Å². The van der Waals surface area contributed by atoms with Crippen molar-refractivity contribution < 1.29 is 4.79 Å². The Hall–Kier alpha value is -3.48. The maximum absolute atomic E-state index is 12.2. The molecule has 0 saturated heterocycles. The quantitative estimate of drug-likeness (QED) is 0.520. The second-order valence-corrected chi connectivity index (χ2v) is 7.12. The summed E-state index contributed by atoms with van der Waals surface area (Å²) in [6, 6.07) is 5.78. The summed E-state index contributed by atoms with van der Waals surface area (Å²) in [6.45, 7) is 2.08. The smallest absolute Gasteiger partial charge is 0.228 e. The first-order chi connectivity index (χ1) is 13.1. The number of nitrogens with two attached hydrogens (primary N) is 1. The third kappa shape index (κ3) is 2.68. The minimum atomic E-state index is 0.0258. The molecule has 134 valence electrons. The third-order valence-electron chi connectivity index (χ3n) is 5.19. The van der Waals surface area contributed by atoms with E-state index >= 15 is 0 Å². The van der Waals surface area contributed by atoms with Crippen molar-refractivity contribution in [2.24, 2.45) is 11.8 Å². The number of carbonyl (C=O) groups is 1. The van der Waals surface area contributed by atoms with Gasteiger partial charge in [-0.25, -0.2) is 9.97 Å². The van der Waals surface area contributed by atoms with Crippen LogP contribution in [-0.2, 0) is 4.79 Å². The molecule has 2 atom stereocenters. The number of aromatic amines is 1. The molecule has 27 heavy (non-hydrogen) atoms. The molecule has 4 N–H and O–H groups in total. The van der Waals surface area contributed by atoms with Crippen molar-refractivity contribution in [2.75, 3.05) is 11.1 Å². The lowest BCUT2D eigenvalue weighted by Gasteiger charge is -2.09. The van der Waals surface area contributed by atoms with Crippen LogP contribution in [0.25, 0.3) is 32.9 Å². The third-order valence-corrected chi connectivity index (χ3v) is 5.19. The molecule has 0 spiro atoms. The molecule has 4 aromatic rings. The summed E-state index contributed by atoms with van der Waals surface area (Å²) in [5, 5.41) is 5.56. The van der Waals surface area contributed by atoms with E-state index in [1.807, 2.05) is 24.4 Å². The summed E-state index contributed by atoms with van der Waals surface area (Å²) in [5.41, 5.74) is 8.75. The Bertz CT molecular complexity index is 1200. The Morgan fingerprint density at radius 3 is 2.93 bits per heavy atom. The van der Waals surface area contributed by atoms with Gasteiger partial charge in [-0.15, -0.1) is 0 Å². The number of nitrogen functional groups attached to an aromatic ring is 1. The Balaban J connectivity index is 1.58. The molecule has 0 unspecified atom stereocenters. The van der Waals surface area contributed by atoms with Crippen molar-refractivity contribution in [3.05, 3.63) is 43.0 Å². The number of fused-ring (bicyclic) bond motifs is 2. The van der Waals surface area contributed by atoms with Crippen LogP contribution in [0.2, 0.25) is 0 Å². The summed E-state index contributed by atoms with van der Waals surface area (Å²) in [4.78, 5) is 28.5. The molecule has 5 rings (SSSR count). The van der Waals surface area contributed by atoms with Crippen LogP contribution in [-0.4, -0.2) is 25.8 Å². The van der Waals surface area contributed by atoms with E-state index in [1.165, 1.54) is 0 Å². The topological polar surface area (TPSA) is 110 Å². The molecule has 7 heteroatoms. The SMILES string of the molecule is C[C@H]1C[C@H]1C(=O)Nc1cc2cc(-c3cncc4[nH]ccc34)nc(N)c2cn1. The number of hydrogen-bond donors (Lipinski definition) is 3. The van der Waals surface area contributed by atoms with Crippen LogP contribution in [0.15, 0.2) is 43.0 Å². The summed E-state index contributed by atoms with van der Waals surface area (Å²) in [7, 11) is 0. The lowest BCUT2D eigenvalue weighted by atomic mass is 10.1. The van der Waals surface area contributed by atoms with Gasteiger partial charge in [0, 0.05) is 40.8 Å². The Kier molecular flexibility index (Phi) is 3.36. The highest BCUT2D eigenvalue weighted by molar-refractivity contribution is 6.00. The molecule has 1 aliphatic carbocycles. The zero-order valence-electron chi connectivity index (χ0n) is 14.7. The highest BCUT2D eigenvalue weighted by atomic mass is 16.2. The number of anilines is 2. The van der Waals surface area contributed by atoms with Gasteiger partial charge in [-0.2, -0.15) is 0 Å². The van der Waals surface area contributed by atoms with Crippen molar-refractivity contribution in [3.63, 3.8) is 0 Å². The van der Waals surface area contributed by atoms with E-state index in [0.717, 1.165) is 39.4 Å². The molecule has 1 saturated carbocycles. The molecule has 1 amide bonds. The van der Waals surface area contributed by atoms with E-state index < -0.39 is 0 Å². The van der Waals surface area contributed by atoms with Gasteiger partial charge in [0.25, 0.3) is 0 Å². The monoisotopic (exact) mass is 358 g/mol. The molecule has 4 heterocycles. The predicted molar refractivity (Wildman–Crippen MR) is 105 cm³/mol. The maximum atomic E-state index is 12.2. The van der Waals surface area contributed by atoms with Gasteiger partial charge in [0.2, 0.25) is 5.91 Å². The number of nitrogens with one attached hydrogen (secondary N) is 2. The van der Waals surface area contributed by atoms with E-state index in [2.05, 4.69) is 32.2 Å². The van der Waals surface area contributed by atoms with E-state index in [0.29, 0.717) is 17.6 Å². The van der Waals surface area contributed by atoms with Crippen LogP contribution in [0.1, 0.15) is 13.3 Å². The van der Waals surface area contributed by atoms with E-state index in [-0.39, 0.29) is 11.8 Å². The zero-order valence-corrected chi connectivity index (χ0v) is 14.7. The second kappa shape index (κ2) is 5.77. The van der Waals surface area contributed by atoms with Crippen LogP contribution in [0, 0.1) is 11.8 Å². The standard InChI is InChI=1S/C20H18N6O/c1-10-4-13(10)20(27)26-18-6-11-5-16(25-19(21)14(11)8-24-18)15-7-22-9-17-12(15)2-3-23-17/h2-3,5-10,13,23H,4H2,1H3,(H2,21,25)(H,24,26,27)/t10-,13+/m0/s1. The average Bonchev–Trinajstić information content (AvgIpc) is 3.20. The van der Waals surface area contributed by atoms with Gasteiger partial charge in [-0.1, -0.05) is 6.92 Å². The molecular formula is C20H18N6O. The van der Waals surface area contributed by atoms with Gasteiger partial charge in [-0.05, 0) is 35.9 Å². The summed E-state index contributed by atoms with van der Waals surface area (Å²) in [6.07, 6.45) is 8.02. The molecule has 1 fully saturated rings. The number of H-pyrrole nitrogens is 1. The van der Waals surface area contributed by atoms with Gasteiger partial charge < -0.3 is 16.0 Å². The van der Waals surface area contributed by atoms with E-state index in [1.54, 1.807) is 18.6 Å². The zero-order chi connectivity index (χ0) is 18.5. The van der Waals surface area contributed by atoms with E-state index in [4.69, 9.17) is 5.73 Å². The van der Waals surface area contributed by atoms with Crippen molar-refractivity contribution >= 4 is 39.2 Å². The molecule has 7 nitrogen and oxygen atoms in total. The molecule has 4 aromatic heterocycles. The molecule has 0 radical (unpaired) electrons. The summed E-state index contributed by atoms with van der Waals surface area (Å²) >= 11 is 0. The predicted octanol–water partition coefficient (Wildman–Crippen LogP) is 3.35. The highest BCUT2D eigenvalue weighted by Gasteiger charge is 2.39. The molecule has 0 bridgehead atoms. The fourth-order valence-corrected chi connectivity index (χ4v) is 3.47. The van der Waals surface area contributed by atoms with Crippen LogP contribution in [0.4, 0.5) is 11.6 Å². The summed E-state index contributed by atoms with van der Waals surface area (Å²) in [5.74, 6) is 1.50. The van der Waals surface area contributed by atoms with Crippen LogP contribution < -0.4 is 11.1 Å². The maximum Gasteiger partial charge on any atom is 0.228 e. The van der Waals surface area contributed by atoms with Crippen molar-refractivity contribution in [1.29, 1.82) is 0 Å². The first kappa shape index (κ1) is 15.7. The minimum Gasteiger partial charge on any atom is -0.383 e. The van der Waals surface area contributed by atoms with Crippen molar-refractivity contribution in [1.82, 2.24) is 19.9 Å². The molecule has 1 aliphatic rings. The van der Waals surface area contributed by atoms with E-state index in [9.17, 15) is 4.79 Å². The number of rotatable bonds is 3. The van der Waals surface area contributed by atoms with Gasteiger partial charge >= 0.3 is 0 Å². The lowest BCUT2D eigenvalue weighted by molar-refractivity contribution is -0.117. The number of aromatic nitrogens is 4. The number of hydrogen-bond acceptors (Lipinski definition) is 5. The van der Waals surface area contributed by atoms with Crippen LogP contribution in [0.3, 0.4) is 0 Å². The number of amides is 1. The van der Waals surface area contributed by atoms with Crippen LogP contribution in [0.5, 0.6) is 0 Å². The number of carbonyl (C=O) groups excluding carboxylic acids is 1. The largest absolute Gasteiger partial charge is 0.383 e. The normalized spacial score (nSPS) is 18.7. The molecule has 0 aliphatic heterocycles. The lowest BCUT2D eigenvalue weighted by Crippen LogP contribution is -2.15. The van der Waals surface area contributed by atoms with Crippen LogP contribution >= 0.6 is 0 Å². The minimum absolute atomic E-state index is 0.0258. The Labute approximate surface area is 155 Å². The molecule has 0 aromatic carbocycles. The first-order valence-electron chi connectivity index (χ1n) is 8.89. The fraction of sp³-hybridized carbons (Fsp3) is 0.200. The Morgan fingerprint density at radius 2 is 2.11 bits per heavy atom. The molecular weight excluding hydrogens is 340 g/mol.